The van der Waals surface area contributed by atoms with E-state index in [2.05, 4.69) is 54.2 Å². The summed E-state index contributed by atoms with van der Waals surface area (Å²) in [7, 11) is 0. The minimum atomic E-state index is -1.59. The second-order valence-corrected chi connectivity index (χ2v) is 14.1. The Bertz CT molecular complexity index is 1970. The van der Waals surface area contributed by atoms with Gasteiger partial charge in [-0.05, 0) is 92.1 Å². The number of nitriles is 1. The number of carbonyl (C=O) groups is 1. The highest BCUT2D eigenvalue weighted by Crippen LogP contribution is 2.38. The number of aliphatic hydroxyl groups excluding tert-OH is 2. The number of hydrogen-bond acceptors (Lipinski definition) is 10. The zero-order valence-corrected chi connectivity index (χ0v) is 31.4. The maximum Gasteiger partial charge on any atom is 0.326 e. The summed E-state index contributed by atoms with van der Waals surface area (Å²) in [5.74, 6) is 0.398. The van der Waals surface area contributed by atoms with Crippen LogP contribution in [-0.2, 0) is 24.6 Å². The van der Waals surface area contributed by atoms with E-state index in [1.54, 1.807) is 24.4 Å². The topological polar surface area (TPSA) is 157 Å². The van der Waals surface area contributed by atoms with Crippen LogP contribution < -0.4 is 19.5 Å². The fourth-order valence-electron chi connectivity index (χ4n) is 6.39. The molecule has 1 aliphatic rings. The number of pyridine rings is 1. The second-order valence-electron chi connectivity index (χ2n) is 13.7. The highest BCUT2D eigenvalue weighted by Gasteiger charge is 2.32. The molecule has 1 saturated heterocycles. The van der Waals surface area contributed by atoms with Crippen LogP contribution in [0.4, 0.5) is 0 Å². The van der Waals surface area contributed by atoms with E-state index in [-0.39, 0.29) is 25.9 Å². The molecule has 0 bridgehead atoms. The Kier molecular flexibility index (Phi) is 13.3. The molecule has 1 aliphatic heterocycles. The third-order valence-electron chi connectivity index (χ3n) is 9.74. The van der Waals surface area contributed by atoms with E-state index in [0.717, 1.165) is 71.6 Å². The number of ether oxygens (including phenoxy) is 3. The number of likely N-dealkylation sites (tertiary alicyclic amines) is 1. The van der Waals surface area contributed by atoms with Gasteiger partial charge < -0.3 is 34.4 Å². The summed E-state index contributed by atoms with van der Waals surface area (Å²) in [4.78, 5) is 18.2. The highest BCUT2D eigenvalue weighted by molar-refractivity contribution is 6.32. The minimum Gasteiger partial charge on any atom is -0.493 e. The van der Waals surface area contributed by atoms with Crippen molar-refractivity contribution in [2.75, 3.05) is 32.8 Å². The molecular formula is C41H47ClN4O7. The van der Waals surface area contributed by atoms with Gasteiger partial charge in [-0.15, -0.1) is 0 Å². The summed E-state index contributed by atoms with van der Waals surface area (Å²) < 4.78 is 18.7. The number of aliphatic hydroxyl groups is 2. The molecule has 3 aromatic carbocycles. The van der Waals surface area contributed by atoms with Gasteiger partial charge in [0.2, 0.25) is 0 Å². The van der Waals surface area contributed by atoms with E-state index in [0.29, 0.717) is 39.8 Å². The SMILES string of the molecule is Cc1ccc(OCCCN2CC[C@@H](O)C2)c(C)c1-c1cccc(COc2cc(OCc3cncc(C#N)c3)c(CNC(C)(CO)C(=O)O)cc2Cl)c1C. The Morgan fingerprint density at radius 1 is 1.04 bits per heavy atom. The maximum atomic E-state index is 11.8. The molecule has 1 fully saturated rings. The number of rotatable bonds is 17. The minimum absolute atomic E-state index is 0.0282. The van der Waals surface area contributed by atoms with Gasteiger partial charge in [0.15, 0.2) is 0 Å². The van der Waals surface area contributed by atoms with Crippen LogP contribution in [0.25, 0.3) is 11.1 Å². The molecule has 5 rings (SSSR count). The predicted molar refractivity (Wildman–Crippen MR) is 202 cm³/mol. The number of halogens is 1. The normalized spacial score (nSPS) is 15.5. The van der Waals surface area contributed by atoms with Crippen LogP contribution in [0, 0.1) is 32.1 Å². The Labute approximate surface area is 315 Å². The average Bonchev–Trinajstić information content (AvgIpc) is 3.57. The van der Waals surface area contributed by atoms with Crippen LogP contribution in [0.5, 0.6) is 17.2 Å². The summed E-state index contributed by atoms with van der Waals surface area (Å²) in [6.07, 6.45) is 4.55. The molecule has 53 heavy (non-hydrogen) atoms. The number of benzene rings is 3. The highest BCUT2D eigenvalue weighted by atomic mass is 35.5. The van der Waals surface area contributed by atoms with Gasteiger partial charge in [-0.3, -0.25) is 15.1 Å². The smallest absolute Gasteiger partial charge is 0.326 e. The Morgan fingerprint density at radius 3 is 2.55 bits per heavy atom. The first-order valence-corrected chi connectivity index (χ1v) is 18.0. The molecule has 2 heterocycles. The summed E-state index contributed by atoms with van der Waals surface area (Å²) in [5, 5.41) is 41.7. The number of hydrogen-bond donors (Lipinski definition) is 4. The first-order valence-electron chi connectivity index (χ1n) is 17.7. The van der Waals surface area contributed by atoms with Crippen molar-refractivity contribution in [1.29, 1.82) is 5.26 Å². The molecule has 0 spiro atoms. The largest absolute Gasteiger partial charge is 0.493 e. The summed E-state index contributed by atoms with van der Waals surface area (Å²) in [6.45, 7) is 10.5. The number of β-amino-alcohol motifs (C(OH)–C–C–N with tert-alkyl or cyclic N) is 1. The van der Waals surface area contributed by atoms with Crippen molar-refractivity contribution in [2.45, 2.75) is 71.9 Å². The lowest BCUT2D eigenvalue weighted by atomic mass is 9.90. The molecule has 1 unspecified atom stereocenters. The van der Waals surface area contributed by atoms with Crippen LogP contribution in [-0.4, -0.2) is 75.7 Å². The molecular weight excluding hydrogens is 696 g/mol. The van der Waals surface area contributed by atoms with Crippen molar-refractivity contribution >= 4 is 17.6 Å². The summed E-state index contributed by atoms with van der Waals surface area (Å²) >= 11 is 6.74. The molecule has 280 valence electrons. The Balaban J connectivity index is 1.34. The molecule has 4 N–H and O–H groups in total. The number of aryl methyl sites for hydroxylation is 1. The van der Waals surface area contributed by atoms with Crippen LogP contribution in [0.2, 0.25) is 5.02 Å². The van der Waals surface area contributed by atoms with E-state index >= 15 is 0 Å². The number of aromatic nitrogens is 1. The molecule has 12 heteroatoms. The molecule has 4 aromatic rings. The van der Waals surface area contributed by atoms with Crippen LogP contribution in [0.1, 0.15) is 58.7 Å². The molecule has 1 aromatic heterocycles. The average molecular weight is 743 g/mol. The van der Waals surface area contributed by atoms with E-state index < -0.39 is 18.1 Å². The van der Waals surface area contributed by atoms with Crippen LogP contribution >= 0.6 is 11.6 Å². The van der Waals surface area contributed by atoms with Gasteiger partial charge in [0, 0.05) is 55.8 Å². The summed E-state index contributed by atoms with van der Waals surface area (Å²) in [6, 6.07) is 17.3. The van der Waals surface area contributed by atoms with E-state index in [1.807, 2.05) is 18.2 Å². The summed E-state index contributed by atoms with van der Waals surface area (Å²) in [5.41, 5.74) is 6.42. The first kappa shape index (κ1) is 39.5. The van der Waals surface area contributed by atoms with Crippen molar-refractivity contribution in [2.24, 2.45) is 0 Å². The standard InChI is InChI=1S/C41H47ClN4O7/c1-26-9-10-36(51-14-6-12-46-13-11-33(48)22-46)28(3)39(26)34-8-5-7-31(27(34)2)24-53-38-17-37(52-23-30-15-29(18-43)19-44-20-30)32(16-35(38)42)21-45-41(4,25-47)40(49)50/h5,7-10,15-17,19-20,33,45,47-48H,6,11-14,21-25H2,1-4H3,(H,49,50)/t33-,41?/m1/s1. The fourth-order valence-corrected chi connectivity index (χ4v) is 6.63. The van der Waals surface area contributed by atoms with Gasteiger partial charge in [0.1, 0.15) is 42.1 Å². The van der Waals surface area contributed by atoms with Gasteiger partial charge in [0.05, 0.1) is 29.9 Å². The molecule has 2 atom stereocenters. The Hall–Kier alpha value is -4.70. The van der Waals surface area contributed by atoms with Crippen molar-refractivity contribution in [3.63, 3.8) is 0 Å². The quantitative estimate of drug-likeness (QED) is 0.0925. The third kappa shape index (κ3) is 9.84. The lowest BCUT2D eigenvalue weighted by Gasteiger charge is -2.25. The van der Waals surface area contributed by atoms with Crippen LogP contribution in [0.15, 0.2) is 60.9 Å². The van der Waals surface area contributed by atoms with E-state index in [1.165, 1.54) is 13.1 Å². The molecule has 11 nitrogen and oxygen atoms in total. The van der Waals surface area contributed by atoms with Crippen molar-refractivity contribution < 1.29 is 34.3 Å². The van der Waals surface area contributed by atoms with Gasteiger partial charge in [-0.25, -0.2) is 0 Å². The molecule has 0 radical (unpaired) electrons. The number of aliphatic carboxylic acids is 1. The van der Waals surface area contributed by atoms with Gasteiger partial charge in [-0.1, -0.05) is 35.9 Å². The zero-order valence-electron chi connectivity index (χ0n) is 30.6. The third-order valence-corrected chi connectivity index (χ3v) is 10.0. The number of nitrogens with one attached hydrogen (secondary N) is 1. The van der Waals surface area contributed by atoms with Gasteiger partial charge in [-0.2, -0.15) is 5.26 Å². The maximum absolute atomic E-state index is 11.8. The van der Waals surface area contributed by atoms with Gasteiger partial charge >= 0.3 is 5.97 Å². The molecule has 0 aliphatic carbocycles. The van der Waals surface area contributed by atoms with E-state index in [9.17, 15) is 25.4 Å². The van der Waals surface area contributed by atoms with Crippen LogP contribution in [0.3, 0.4) is 0 Å². The monoisotopic (exact) mass is 742 g/mol. The van der Waals surface area contributed by atoms with Crippen molar-refractivity contribution in [1.82, 2.24) is 15.2 Å². The number of nitrogens with zero attached hydrogens (tertiary/aromatic N) is 3. The van der Waals surface area contributed by atoms with Crippen molar-refractivity contribution in [3.8, 4) is 34.4 Å². The number of carboxylic acid groups (broad SMARTS) is 1. The lowest BCUT2D eigenvalue weighted by Crippen LogP contribution is -2.52. The molecule has 0 amide bonds. The second kappa shape index (κ2) is 17.9. The van der Waals surface area contributed by atoms with Gasteiger partial charge in [0.25, 0.3) is 0 Å². The van der Waals surface area contributed by atoms with E-state index in [4.69, 9.17) is 25.8 Å². The zero-order chi connectivity index (χ0) is 38.1. The number of carboxylic acids is 1. The van der Waals surface area contributed by atoms with Crippen molar-refractivity contribution in [3.05, 3.63) is 105 Å². The fraction of sp³-hybridized carbons (Fsp3) is 0.390. The lowest BCUT2D eigenvalue weighted by molar-refractivity contribution is -0.145. The Morgan fingerprint density at radius 2 is 1.83 bits per heavy atom. The first-order chi connectivity index (χ1) is 25.4. The molecule has 0 saturated carbocycles. The predicted octanol–water partition coefficient (Wildman–Crippen LogP) is 6.12.